The smallest absolute Gasteiger partial charge is 0.294 e. The van der Waals surface area contributed by atoms with Crippen molar-refractivity contribution in [3.63, 3.8) is 0 Å². The van der Waals surface area contributed by atoms with Crippen molar-refractivity contribution in [2.24, 2.45) is 0 Å². The largest absolute Gasteiger partial charge is 0.362 e. The van der Waals surface area contributed by atoms with Gasteiger partial charge in [0.25, 0.3) is 10.1 Å². The minimum Gasteiger partial charge on any atom is -0.362 e. The lowest BCUT2D eigenvalue weighted by Crippen LogP contribution is -2.27. The van der Waals surface area contributed by atoms with E-state index in [4.69, 9.17) is 0 Å². The van der Waals surface area contributed by atoms with Gasteiger partial charge in [0, 0.05) is 41.7 Å². The third-order valence-electron chi connectivity index (χ3n) is 5.56. The third-order valence-corrected chi connectivity index (χ3v) is 6.41. The molecule has 3 aromatic carbocycles. The predicted molar refractivity (Wildman–Crippen MR) is 131 cm³/mol. The Labute approximate surface area is 188 Å². The first-order valence-electron chi connectivity index (χ1n) is 10.3. The summed E-state index contributed by atoms with van der Waals surface area (Å²) in [4.78, 5) is -0.102. The molecular formula is C26H25N2O3S+. The van der Waals surface area contributed by atoms with Crippen molar-refractivity contribution in [3.8, 4) is 0 Å². The Bertz CT molecular complexity index is 1320. The number of nitrogens with one attached hydrogen (secondary N) is 1. The van der Waals surface area contributed by atoms with Crippen molar-refractivity contribution in [2.75, 3.05) is 5.32 Å². The summed E-state index contributed by atoms with van der Waals surface area (Å²) < 4.78 is 35.2. The van der Waals surface area contributed by atoms with Crippen LogP contribution in [0.25, 0.3) is 0 Å². The van der Waals surface area contributed by atoms with Gasteiger partial charge in [0.05, 0.1) is 10.3 Å². The second-order valence-electron chi connectivity index (χ2n) is 8.06. The quantitative estimate of drug-likeness (QED) is 0.291. The van der Waals surface area contributed by atoms with Crippen LogP contribution in [0.5, 0.6) is 0 Å². The highest BCUT2D eigenvalue weighted by molar-refractivity contribution is 7.85. The normalized spacial score (nSPS) is 15.5. The monoisotopic (exact) mass is 445 g/mol. The molecule has 3 aromatic rings. The molecule has 1 aliphatic rings. The summed E-state index contributed by atoms with van der Waals surface area (Å²) in [6.07, 6.45) is 7.78. The highest BCUT2D eigenvalue weighted by atomic mass is 32.2. The first-order valence-corrected chi connectivity index (χ1v) is 11.7. The van der Waals surface area contributed by atoms with E-state index in [9.17, 15) is 13.0 Å². The number of allylic oxidation sites excluding steroid dienone is 3. The minimum absolute atomic E-state index is 0.102. The van der Waals surface area contributed by atoms with E-state index in [1.807, 2.05) is 98.9 Å². The lowest BCUT2D eigenvalue weighted by molar-refractivity contribution is 0.483. The molecule has 0 unspecified atom stereocenters. The number of rotatable bonds is 6. The Hall–Kier alpha value is -3.48. The molecule has 0 spiro atoms. The zero-order chi connectivity index (χ0) is 22.8. The highest BCUT2D eigenvalue weighted by Gasteiger charge is 2.45. The molecule has 2 N–H and O–H groups in total. The maximum absolute atomic E-state index is 11.7. The van der Waals surface area contributed by atoms with E-state index in [1.54, 1.807) is 12.1 Å². The Balaban J connectivity index is 1.75. The molecule has 0 saturated heterocycles. The van der Waals surface area contributed by atoms with E-state index < -0.39 is 15.5 Å². The van der Waals surface area contributed by atoms with E-state index in [0.717, 1.165) is 28.3 Å². The first-order chi connectivity index (χ1) is 15.3. The third kappa shape index (κ3) is 4.28. The van der Waals surface area contributed by atoms with Crippen LogP contribution in [0.2, 0.25) is 0 Å². The van der Waals surface area contributed by atoms with Gasteiger partial charge in [-0.25, -0.2) is 0 Å². The zero-order valence-corrected chi connectivity index (χ0v) is 18.8. The van der Waals surface area contributed by atoms with Crippen molar-refractivity contribution < 1.29 is 13.0 Å². The Morgan fingerprint density at radius 2 is 1.56 bits per heavy atom. The minimum atomic E-state index is -4.29. The summed E-state index contributed by atoms with van der Waals surface area (Å²) in [5.74, 6) is 0. The predicted octanol–water partition coefficient (Wildman–Crippen LogP) is 5.68. The average Bonchev–Trinajstić information content (AvgIpc) is 3.00. The number of para-hydroxylation sites is 2. The van der Waals surface area contributed by atoms with Crippen LogP contribution < -0.4 is 9.89 Å². The molecule has 0 aromatic heterocycles. The van der Waals surface area contributed by atoms with Gasteiger partial charge in [0.2, 0.25) is 11.4 Å². The van der Waals surface area contributed by atoms with Gasteiger partial charge in [-0.2, -0.15) is 13.0 Å². The van der Waals surface area contributed by atoms with Crippen LogP contribution in [0.3, 0.4) is 0 Å². The summed E-state index contributed by atoms with van der Waals surface area (Å²) in [5, 5.41) is 3.23. The standard InChI is InChI=1S/C26H24N2O3S/c1-26(2)23-19-22(32(29,30)31)16-17-24(23)28(21-13-7-4-8-14-21)25(26)15-9-10-18-27-20-11-5-3-6-12-20/h3-19H,1-2H3,(H,29,30,31)/p+1. The molecule has 0 atom stereocenters. The topological polar surface area (TPSA) is 69.4 Å². The summed E-state index contributed by atoms with van der Waals surface area (Å²) in [6, 6.07) is 24.6. The van der Waals surface area contributed by atoms with E-state index in [-0.39, 0.29) is 4.90 Å². The highest BCUT2D eigenvalue weighted by Crippen LogP contribution is 2.42. The second-order valence-corrected chi connectivity index (χ2v) is 9.49. The fourth-order valence-electron chi connectivity index (χ4n) is 3.94. The number of hydrogen-bond acceptors (Lipinski definition) is 3. The maximum atomic E-state index is 11.7. The van der Waals surface area contributed by atoms with Gasteiger partial charge in [-0.3, -0.25) is 4.55 Å². The molecule has 162 valence electrons. The van der Waals surface area contributed by atoms with Crippen LogP contribution in [-0.2, 0) is 15.5 Å². The van der Waals surface area contributed by atoms with Gasteiger partial charge >= 0.3 is 0 Å². The fourth-order valence-corrected chi connectivity index (χ4v) is 4.44. The molecule has 1 heterocycles. The SMILES string of the molecule is CC1(C)C(/C=C/C=C/Nc2ccccc2)=[N+](c2ccccc2)c2ccc(S(=O)(=O)O)cc21. The fraction of sp³-hybridized carbons (Fsp3) is 0.115. The number of hydrogen-bond donors (Lipinski definition) is 2. The van der Waals surface area contributed by atoms with Crippen LogP contribution >= 0.6 is 0 Å². The van der Waals surface area contributed by atoms with Crippen LogP contribution in [0.4, 0.5) is 17.1 Å². The van der Waals surface area contributed by atoms with Crippen LogP contribution in [0.1, 0.15) is 19.4 Å². The lowest BCUT2D eigenvalue weighted by atomic mass is 9.81. The van der Waals surface area contributed by atoms with E-state index in [1.165, 1.54) is 6.07 Å². The molecule has 1 aliphatic heterocycles. The van der Waals surface area contributed by atoms with Crippen molar-refractivity contribution in [1.82, 2.24) is 4.58 Å². The number of nitrogens with zero attached hydrogens (tertiary/aromatic N) is 1. The van der Waals surface area contributed by atoms with Gasteiger partial charge in [0.1, 0.15) is 0 Å². The first kappa shape index (κ1) is 21.7. The number of anilines is 1. The van der Waals surface area contributed by atoms with Gasteiger partial charge < -0.3 is 5.32 Å². The van der Waals surface area contributed by atoms with Gasteiger partial charge in [-0.1, -0.05) is 42.5 Å². The molecule has 0 fully saturated rings. The Morgan fingerprint density at radius 3 is 2.22 bits per heavy atom. The molecule has 6 heteroatoms. The molecule has 0 aliphatic carbocycles. The summed E-state index contributed by atoms with van der Waals surface area (Å²) in [5.41, 5.74) is 4.22. The van der Waals surface area contributed by atoms with Gasteiger partial charge in [-0.05, 0) is 44.2 Å². The molecule has 5 nitrogen and oxygen atoms in total. The summed E-state index contributed by atoms with van der Waals surface area (Å²) in [6.45, 7) is 4.10. The van der Waals surface area contributed by atoms with Crippen molar-refractivity contribution >= 4 is 32.9 Å². The number of benzene rings is 3. The Kier molecular flexibility index (Phi) is 5.82. The van der Waals surface area contributed by atoms with Crippen molar-refractivity contribution in [1.29, 1.82) is 0 Å². The number of fused-ring (bicyclic) bond motifs is 1. The summed E-state index contributed by atoms with van der Waals surface area (Å²) >= 11 is 0. The Morgan fingerprint density at radius 1 is 0.906 bits per heavy atom. The van der Waals surface area contributed by atoms with E-state index in [2.05, 4.69) is 9.89 Å². The van der Waals surface area contributed by atoms with Gasteiger partial charge in [-0.15, -0.1) is 0 Å². The molecule has 4 rings (SSSR count). The average molecular weight is 446 g/mol. The van der Waals surface area contributed by atoms with Gasteiger partial charge in [0.15, 0.2) is 5.71 Å². The molecule has 32 heavy (non-hydrogen) atoms. The summed E-state index contributed by atoms with van der Waals surface area (Å²) in [7, 11) is -4.29. The molecule has 0 saturated carbocycles. The maximum Gasteiger partial charge on any atom is 0.294 e. The van der Waals surface area contributed by atoms with Crippen LogP contribution in [0.15, 0.2) is 108 Å². The lowest BCUT2D eigenvalue weighted by Gasteiger charge is -2.15. The molecule has 0 bridgehead atoms. The van der Waals surface area contributed by atoms with E-state index in [0.29, 0.717) is 0 Å². The second kappa shape index (κ2) is 8.57. The van der Waals surface area contributed by atoms with Crippen LogP contribution in [-0.4, -0.2) is 18.7 Å². The molecule has 0 radical (unpaired) electrons. The van der Waals surface area contributed by atoms with Crippen LogP contribution in [0, 0.1) is 0 Å². The molecular weight excluding hydrogens is 420 g/mol. The van der Waals surface area contributed by atoms with Crippen molar-refractivity contribution in [3.05, 3.63) is 109 Å². The molecule has 0 amide bonds. The van der Waals surface area contributed by atoms with E-state index >= 15 is 0 Å². The zero-order valence-electron chi connectivity index (χ0n) is 17.9. The van der Waals surface area contributed by atoms with Crippen molar-refractivity contribution in [2.45, 2.75) is 24.2 Å².